The number of carbonyl (C=O) groups is 1. The van der Waals surface area contributed by atoms with Crippen LogP contribution in [0.1, 0.15) is 12.7 Å². The average molecular weight is 276 g/mol. The lowest BCUT2D eigenvalue weighted by Gasteiger charge is -2.18. The molecule has 1 aromatic carbocycles. The molecule has 0 spiro atoms. The second-order valence-electron chi connectivity index (χ2n) is 4.53. The molecule has 20 heavy (non-hydrogen) atoms. The Morgan fingerprint density at radius 3 is 2.75 bits per heavy atom. The molecule has 6 nitrogen and oxygen atoms in total. The van der Waals surface area contributed by atoms with E-state index in [2.05, 4.69) is 4.98 Å². The third kappa shape index (κ3) is 2.17. The Labute approximate surface area is 116 Å². The molecule has 0 unspecified atom stereocenters. The van der Waals surface area contributed by atoms with Gasteiger partial charge in [-0.15, -0.1) is 0 Å². The van der Waals surface area contributed by atoms with Gasteiger partial charge in [-0.3, -0.25) is 4.79 Å². The maximum atomic E-state index is 11.7. The topological polar surface area (TPSA) is 62.6 Å². The molecule has 0 N–H and O–H groups in total. The van der Waals surface area contributed by atoms with Crippen molar-refractivity contribution in [3.8, 4) is 11.5 Å². The van der Waals surface area contributed by atoms with Crippen molar-refractivity contribution in [2.45, 2.75) is 20.4 Å². The summed E-state index contributed by atoms with van der Waals surface area (Å²) in [4.78, 5) is 16.1. The summed E-state index contributed by atoms with van der Waals surface area (Å²) in [6.45, 7) is 5.25. The Balaban J connectivity index is 2.03. The summed E-state index contributed by atoms with van der Waals surface area (Å²) in [6, 6.07) is 3.71. The summed E-state index contributed by atoms with van der Waals surface area (Å²) in [5, 5.41) is 0. The van der Waals surface area contributed by atoms with Gasteiger partial charge in [0, 0.05) is 12.1 Å². The number of esters is 1. The summed E-state index contributed by atoms with van der Waals surface area (Å²) >= 11 is 0. The molecule has 3 rings (SSSR count). The SMILES string of the molecule is CCOC(=O)Cn1c(C)nc2cc3c(cc21)OCCO3. The number of fused-ring (bicyclic) bond motifs is 2. The molecule has 0 amide bonds. The van der Waals surface area contributed by atoms with Gasteiger partial charge in [-0.05, 0) is 13.8 Å². The number of ether oxygens (including phenoxy) is 3. The van der Waals surface area contributed by atoms with Crippen LogP contribution >= 0.6 is 0 Å². The van der Waals surface area contributed by atoms with E-state index in [9.17, 15) is 4.79 Å². The summed E-state index contributed by atoms with van der Waals surface area (Å²) in [5.74, 6) is 1.87. The Morgan fingerprint density at radius 2 is 2.05 bits per heavy atom. The van der Waals surface area contributed by atoms with Crippen LogP contribution < -0.4 is 9.47 Å². The van der Waals surface area contributed by atoms with Gasteiger partial charge < -0.3 is 18.8 Å². The smallest absolute Gasteiger partial charge is 0.326 e. The van der Waals surface area contributed by atoms with Gasteiger partial charge in [0.1, 0.15) is 25.6 Å². The average Bonchev–Trinajstić information content (AvgIpc) is 2.72. The van der Waals surface area contributed by atoms with Crippen molar-refractivity contribution < 1.29 is 19.0 Å². The van der Waals surface area contributed by atoms with Crippen molar-refractivity contribution in [3.63, 3.8) is 0 Å². The predicted molar refractivity (Wildman–Crippen MR) is 72.1 cm³/mol. The molecule has 0 saturated carbocycles. The molecule has 1 aliphatic heterocycles. The van der Waals surface area contributed by atoms with E-state index in [0.717, 1.165) is 16.9 Å². The highest BCUT2D eigenvalue weighted by Crippen LogP contribution is 2.34. The molecule has 6 heteroatoms. The van der Waals surface area contributed by atoms with E-state index >= 15 is 0 Å². The lowest BCUT2D eigenvalue weighted by Crippen LogP contribution is -2.16. The zero-order valence-electron chi connectivity index (χ0n) is 11.5. The molecule has 0 bridgehead atoms. The van der Waals surface area contributed by atoms with Gasteiger partial charge in [0.2, 0.25) is 0 Å². The highest BCUT2D eigenvalue weighted by Gasteiger charge is 2.18. The zero-order chi connectivity index (χ0) is 14.1. The van der Waals surface area contributed by atoms with E-state index < -0.39 is 0 Å². The number of nitrogens with zero attached hydrogens (tertiary/aromatic N) is 2. The summed E-state index contributed by atoms with van der Waals surface area (Å²) in [5.41, 5.74) is 1.64. The largest absolute Gasteiger partial charge is 0.486 e. The number of imidazole rings is 1. The lowest BCUT2D eigenvalue weighted by molar-refractivity contribution is -0.143. The van der Waals surface area contributed by atoms with E-state index in [1.54, 1.807) is 6.92 Å². The first-order valence-electron chi connectivity index (χ1n) is 6.61. The number of carbonyl (C=O) groups excluding carboxylic acids is 1. The maximum absolute atomic E-state index is 11.7. The molecule has 0 atom stereocenters. The highest BCUT2D eigenvalue weighted by atomic mass is 16.6. The van der Waals surface area contributed by atoms with Gasteiger partial charge in [0.05, 0.1) is 17.6 Å². The van der Waals surface area contributed by atoms with Gasteiger partial charge >= 0.3 is 5.97 Å². The summed E-state index contributed by atoms with van der Waals surface area (Å²) in [7, 11) is 0. The van der Waals surface area contributed by atoms with Crippen molar-refractivity contribution in [2.75, 3.05) is 19.8 Å². The molecule has 106 valence electrons. The Hall–Kier alpha value is -2.24. The molecule has 0 saturated heterocycles. The highest BCUT2D eigenvalue weighted by molar-refractivity contribution is 5.82. The van der Waals surface area contributed by atoms with Crippen molar-refractivity contribution in [1.82, 2.24) is 9.55 Å². The third-order valence-electron chi connectivity index (χ3n) is 3.20. The van der Waals surface area contributed by atoms with Gasteiger partial charge in [-0.2, -0.15) is 0 Å². The monoisotopic (exact) mass is 276 g/mol. The second-order valence-corrected chi connectivity index (χ2v) is 4.53. The Bertz CT molecular complexity index is 663. The van der Waals surface area contributed by atoms with Crippen molar-refractivity contribution in [3.05, 3.63) is 18.0 Å². The van der Waals surface area contributed by atoms with Crippen LogP contribution in [0, 0.1) is 6.92 Å². The van der Waals surface area contributed by atoms with Gasteiger partial charge in [-0.1, -0.05) is 0 Å². The maximum Gasteiger partial charge on any atom is 0.326 e. The summed E-state index contributed by atoms with van der Waals surface area (Å²) < 4.78 is 17.9. The fourth-order valence-corrected chi connectivity index (χ4v) is 2.32. The number of rotatable bonds is 3. The van der Waals surface area contributed by atoms with Crippen LogP contribution in [0.15, 0.2) is 12.1 Å². The Kier molecular flexibility index (Phi) is 3.22. The van der Waals surface area contributed by atoms with E-state index in [1.165, 1.54) is 0 Å². The van der Waals surface area contributed by atoms with Crippen LogP contribution in [0.2, 0.25) is 0 Å². The fourth-order valence-electron chi connectivity index (χ4n) is 2.32. The predicted octanol–water partition coefficient (Wildman–Crippen LogP) is 1.68. The van der Waals surface area contributed by atoms with Crippen molar-refractivity contribution in [1.29, 1.82) is 0 Å². The molecule has 2 heterocycles. The standard InChI is InChI=1S/C14H16N2O4/c1-3-18-14(17)8-16-9(2)15-10-6-12-13(7-11(10)16)20-5-4-19-12/h6-7H,3-5,8H2,1-2H3. The number of benzene rings is 1. The first-order valence-corrected chi connectivity index (χ1v) is 6.61. The van der Waals surface area contributed by atoms with Gasteiger partial charge in [0.25, 0.3) is 0 Å². The fraction of sp³-hybridized carbons (Fsp3) is 0.429. The van der Waals surface area contributed by atoms with Crippen LogP contribution in [0.3, 0.4) is 0 Å². The quantitative estimate of drug-likeness (QED) is 0.798. The second kappa shape index (κ2) is 5.03. The first-order chi connectivity index (χ1) is 9.69. The van der Waals surface area contributed by atoms with Crippen molar-refractivity contribution >= 4 is 17.0 Å². The molecule has 0 radical (unpaired) electrons. The molecule has 0 aliphatic carbocycles. The molecule has 1 aliphatic rings. The number of hydrogen-bond donors (Lipinski definition) is 0. The van der Waals surface area contributed by atoms with Crippen LogP contribution in [0.4, 0.5) is 0 Å². The minimum atomic E-state index is -0.273. The van der Waals surface area contributed by atoms with E-state index in [4.69, 9.17) is 14.2 Å². The normalized spacial score (nSPS) is 13.5. The molecule has 2 aromatic rings. The zero-order valence-corrected chi connectivity index (χ0v) is 11.5. The van der Waals surface area contributed by atoms with E-state index in [0.29, 0.717) is 31.3 Å². The van der Waals surface area contributed by atoms with Gasteiger partial charge in [0.15, 0.2) is 11.5 Å². The minimum absolute atomic E-state index is 0.149. The summed E-state index contributed by atoms with van der Waals surface area (Å²) in [6.07, 6.45) is 0. The molecular weight excluding hydrogens is 260 g/mol. The first kappa shape index (κ1) is 12.8. The van der Waals surface area contributed by atoms with E-state index in [-0.39, 0.29) is 12.5 Å². The van der Waals surface area contributed by atoms with E-state index in [1.807, 2.05) is 23.6 Å². The number of aryl methyl sites for hydroxylation is 1. The molecular formula is C14H16N2O4. The minimum Gasteiger partial charge on any atom is -0.486 e. The number of hydrogen-bond acceptors (Lipinski definition) is 5. The Morgan fingerprint density at radius 1 is 1.35 bits per heavy atom. The third-order valence-corrected chi connectivity index (χ3v) is 3.20. The van der Waals surface area contributed by atoms with Crippen molar-refractivity contribution in [2.24, 2.45) is 0 Å². The van der Waals surface area contributed by atoms with Gasteiger partial charge in [-0.25, -0.2) is 4.98 Å². The molecule has 1 aromatic heterocycles. The lowest BCUT2D eigenvalue weighted by atomic mass is 10.2. The van der Waals surface area contributed by atoms with Crippen LogP contribution in [-0.2, 0) is 16.1 Å². The molecule has 0 fully saturated rings. The van der Waals surface area contributed by atoms with Crippen LogP contribution in [-0.4, -0.2) is 35.3 Å². The van der Waals surface area contributed by atoms with Crippen LogP contribution in [0.25, 0.3) is 11.0 Å². The van der Waals surface area contributed by atoms with Crippen LogP contribution in [0.5, 0.6) is 11.5 Å². The number of aromatic nitrogens is 2.